The fourth-order valence-corrected chi connectivity index (χ4v) is 4.17. The Morgan fingerprint density at radius 1 is 1.08 bits per heavy atom. The lowest BCUT2D eigenvalue weighted by molar-refractivity contribution is 0.122. The lowest BCUT2D eigenvalue weighted by Gasteiger charge is -2.31. The van der Waals surface area contributed by atoms with E-state index in [4.69, 9.17) is 14.8 Å². The number of fused-ring (bicyclic) bond motifs is 1. The van der Waals surface area contributed by atoms with Crippen molar-refractivity contribution in [2.75, 3.05) is 50.8 Å². The van der Waals surface area contributed by atoms with Crippen LogP contribution in [0.1, 0.15) is 37.4 Å². The zero-order chi connectivity index (χ0) is 16.6. The lowest BCUT2D eigenvalue weighted by Crippen LogP contribution is -2.36. The Kier molecular flexibility index (Phi) is 4.10. The van der Waals surface area contributed by atoms with E-state index in [0.717, 1.165) is 50.2 Å². The number of aromatic nitrogens is 3. The predicted octanol–water partition coefficient (Wildman–Crippen LogP) is 2.16. The van der Waals surface area contributed by atoms with Crippen LogP contribution in [-0.4, -0.2) is 65.4 Å². The second kappa shape index (κ2) is 6.57. The van der Waals surface area contributed by atoms with Crippen molar-refractivity contribution in [3.63, 3.8) is 0 Å². The summed E-state index contributed by atoms with van der Waals surface area (Å²) in [6.45, 7) is 7.17. The van der Waals surface area contributed by atoms with Gasteiger partial charge in [0, 0.05) is 32.1 Å². The summed E-state index contributed by atoms with van der Waals surface area (Å²) in [5, 5.41) is 4.84. The molecule has 2 saturated heterocycles. The van der Waals surface area contributed by atoms with Crippen molar-refractivity contribution in [2.45, 2.75) is 31.6 Å². The number of morpholine rings is 1. The fourth-order valence-electron chi connectivity index (χ4n) is 4.17. The van der Waals surface area contributed by atoms with Crippen LogP contribution in [0.2, 0.25) is 0 Å². The third kappa shape index (κ3) is 3.37. The molecule has 0 N–H and O–H groups in total. The van der Waals surface area contributed by atoms with Gasteiger partial charge < -0.3 is 14.5 Å². The number of hydrogen-bond acceptors (Lipinski definition) is 5. The molecule has 3 aliphatic rings. The molecule has 1 atom stereocenters. The first-order chi connectivity index (χ1) is 12.3. The molecule has 2 aliphatic heterocycles. The van der Waals surface area contributed by atoms with Gasteiger partial charge >= 0.3 is 0 Å². The van der Waals surface area contributed by atoms with Crippen LogP contribution in [0.5, 0.6) is 0 Å². The Balaban J connectivity index is 1.34. The molecule has 4 heterocycles. The van der Waals surface area contributed by atoms with Gasteiger partial charge in [0.2, 0.25) is 0 Å². The maximum absolute atomic E-state index is 5.45. The number of hydrogen-bond donors (Lipinski definition) is 0. The highest BCUT2D eigenvalue weighted by atomic mass is 16.5. The second-order valence-corrected chi connectivity index (χ2v) is 7.80. The van der Waals surface area contributed by atoms with Gasteiger partial charge in [-0.3, -0.25) is 0 Å². The molecule has 0 amide bonds. The quantitative estimate of drug-likeness (QED) is 0.853. The van der Waals surface area contributed by atoms with E-state index >= 15 is 0 Å². The van der Waals surface area contributed by atoms with Gasteiger partial charge in [0.1, 0.15) is 0 Å². The summed E-state index contributed by atoms with van der Waals surface area (Å²) in [6, 6.07) is 4.27. The summed E-state index contributed by atoms with van der Waals surface area (Å²) < 4.78 is 7.43. The van der Waals surface area contributed by atoms with Crippen molar-refractivity contribution in [2.24, 2.45) is 5.92 Å². The number of pyridine rings is 1. The molecule has 5 rings (SSSR count). The van der Waals surface area contributed by atoms with Gasteiger partial charge in [0.25, 0.3) is 0 Å². The molecule has 0 radical (unpaired) electrons. The van der Waals surface area contributed by atoms with Crippen molar-refractivity contribution in [1.29, 1.82) is 0 Å². The fraction of sp³-hybridized carbons (Fsp3) is 0.684. The van der Waals surface area contributed by atoms with Crippen LogP contribution >= 0.6 is 0 Å². The highest BCUT2D eigenvalue weighted by Gasteiger charge is 2.29. The van der Waals surface area contributed by atoms with Crippen molar-refractivity contribution in [1.82, 2.24) is 19.5 Å². The first-order valence-corrected chi connectivity index (χ1v) is 9.76. The zero-order valence-electron chi connectivity index (χ0n) is 14.8. The summed E-state index contributed by atoms with van der Waals surface area (Å²) in [6.07, 6.45) is 7.47. The molecule has 25 heavy (non-hydrogen) atoms. The lowest BCUT2D eigenvalue weighted by atomic mass is 9.97. The van der Waals surface area contributed by atoms with E-state index in [-0.39, 0.29) is 0 Å². The molecule has 2 aromatic rings. The van der Waals surface area contributed by atoms with Crippen LogP contribution in [0.15, 0.2) is 18.3 Å². The predicted molar refractivity (Wildman–Crippen MR) is 97.2 cm³/mol. The van der Waals surface area contributed by atoms with E-state index in [1.165, 1.54) is 44.5 Å². The Hall–Kier alpha value is -1.66. The van der Waals surface area contributed by atoms with Crippen LogP contribution in [-0.2, 0) is 4.74 Å². The summed E-state index contributed by atoms with van der Waals surface area (Å²) in [5.41, 5.74) is 2.18. The van der Waals surface area contributed by atoms with E-state index in [2.05, 4.69) is 28.1 Å². The molecule has 0 aromatic carbocycles. The first-order valence-electron chi connectivity index (χ1n) is 9.76. The minimum atomic E-state index is 0.485. The Labute approximate surface area is 148 Å². The minimum absolute atomic E-state index is 0.485. The minimum Gasteiger partial charge on any atom is -0.378 e. The highest BCUT2D eigenvalue weighted by Crippen LogP contribution is 2.32. The maximum atomic E-state index is 5.45. The molecule has 1 saturated carbocycles. The van der Waals surface area contributed by atoms with Crippen LogP contribution in [0.3, 0.4) is 0 Å². The average Bonchev–Trinajstić information content (AvgIpc) is 3.37. The molecular formula is C19H27N5O. The first kappa shape index (κ1) is 15.6. The van der Waals surface area contributed by atoms with Crippen LogP contribution < -0.4 is 4.90 Å². The number of likely N-dealkylation sites (tertiary alicyclic amines) is 1. The van der Waals surface area contributed by atoms with Crippen molar-refractivity contribution < 1.29 is 4.74 Å². The van der Waals surface area contributed by atoms with Crippen molar-refractivity contribution >= 4 is 11.3 Å². The van der Waals surface area contributed by atoms with Crippen molar-refractivity contribution in [3.8, 4) is 0 Å². The zero-order valence-corrected chi connectivity index (χ0v) is 14.8. The van der Waals surface area contributed by atoms with E-state index in [0.29, 0.717) is 5.92 Å². The Morgan fingerprint density at radius 3 is 2.80 bits per heavy atom. The topological polar surface area (TPSA) is 45.9 Å². The molecule has 3 fully saturated rings. The number of anilines is 1. The van der Waals surface area contributed by atoms with Gasteiger partial charge in [-0.2, -0.15) is 5.10 Å². The summed E-state index contributed by atoms with van der Waals surface area (Å²) >= 11 is 0. The third-order valence-electron chi connectivity index (χ3n) is 5.79. The summed E-state index contributed by atoms with van der Waals surface area (Å²) in [5.74, 6) is 2.47. The standard InChI is InChI=1S/C19H27N5O/c1-2-16(13-22(7-1)12-15-3-4-15)19-20-18-6-5-17(14-24(18)21-19)23-8-10-25-11-9-23/h5-6,14-16H,1-4,7-13H2/t16-/m0/s1. The Bertz CT molecular complexity index is 734. The van der Waals surface area contributed by atoms with Gasteiger partial charge in [0.05, 0.1) is 25.1 Å². The molecule has 0 unspecified atom stereocenters. The number of nitrogens with zero attached hydrogens (tertiary/aromatic N) is 5. The highest BCUT2D eigenvalue weighted by molar-refractivity contribution is 5.51. The molecule has 6 nitrogen and oxygen atoms in total. The molecule has 2 aromatic heterocycles. The monoisotopic (exact) mass is 341 g/mol. The number of rotatable bonds is 4. The smallest absolute Gasteiger partial charge is 0.156 e. The van der Waals surface area contributed by atoms with Gasteiger partial charge in [-0.05, 0) is 50.3 Å². The molecule has 0 spiro atoms. The summed E-state index contributed by atoms with van der Waals surface area (Å²) in [7, 11) is 0. The summed E-state index contributed by atoms with van der Waals surface area (Å²) in [4.78, 5) is 9.83. The van der Waals surface area contributed by atoms with Crippen LogP contribution in [0, 0.1) is 5.92 Å². The largest absolute Gasteiger partial charge is 0.378 e. The Morgan fingerprint density at radius 2 is 1.96 bits per heavy atom. The SMILES string of the molecule is c1cc2nc([C@H]3CCCN(CC4CC4)C3)nn2cc1N1CCOCC1. The molecule has 134 valence electrons. The molecule has 1 aliphatic carbocycles. The average molecular weight is 341 g/mol. The molecule has 6 heteroatoms. The van der Waals surface area contributed by atoms with Crippen LogP contribution in [0.4, 0.5) is 5.69 Å². The third-order valence-corrected chi connectivity index (χ3v) is 5.79. The second-order valence-electron chi connectivity index (χ2n) is 7.80. The van der Waals surface area contributed by atoms with E-state index in [1.807, 2.05) is 4.52 Å². The van der Waals surface area contributed by atoms with Crippen molar-refractivity contribution in [3.05, 3.63) is 24.2 Å². The number of ether oxygens (including phenoxy) is 1. The number of piperidine rings is 1. The van der Waals surface area contributed by atoms with E-state index in [1.54, 1.807) is 0 Å². The molecular weight excluding hydrogens is 314 g/mol. The maximum Gasteiger partial charge on any atom is 0.156 e. The van der Waals surface area contributed by atoms with Gasteiger partial charge in [0.15, 0.2) is 11.5 Å². The van der Waals surface area contributed by atoms with E-state index in [9.17, 15) is 0 Å². The molecule has 0 bridgehead atoms. The normalized spacial score (nSPS) is 25.6. The van der Waals surface area contributed by atoms with Gasteiger partial charge in [-0.15, -0.1) is 0 Å². The van der Waals surface area contributed by atoms with Crippen LogP contribution in [0.25, 0.3) is 5.65 Å². The van der Waals surface area contributed by atoms with E-state index < -0.39 is 0 Å². The van der Waals surface area contributed by atoms with Gasteiger partial charge in [-0.1, -0.05) is 0 Å². The van der Waals surface area contributed by atoms with Gasteiger partial charge in [-0.25, -0.2) is 9.50 Å².